The number of halogens is 1. The normalized spacial score (nSPS) is 15.3. The molecule has 0 amide bonds. The number of anilines is 1. The van der Waals surface area contributed by atoms with E-state index in [-0.39, 0.29) is 12.4 Å². The number of piperazine rings is 1. The third-order valence-electron chi connectivity index (χ3n) is 2.17. The second-order valence-corrected chi connectivity index (χ2v) is 3.12. The van der Waals surface area contributed by atoms with Gasteiger partial charge in [-0.05, 0) is 0 Å². The van der Waals surface area contributed by atoms with E-state index in [0.717, 1.165) is 26.2 Å². The minimum absolute atomic E-state index is 0. The number of rotatable bonds is 1. The quantitative estimate of drug-likeness (QED) is 0.739. The third-order valence-corrected chi connectivity index (χ3v) is 2.17. The molecule has 2 heterocycles. The standard InChI is InChI=1S/C9H11N5.ClH/c10-5-8-6-12-9(13-7-8)14-3-1-11-2-4-14;/h6-7,11H,1-4H2;1H. The Hall–Kier alpha value is -1.38. The van der Waals surface area contributed by atoms with Crippen LogP contribution in [0.15, 0.2) is 12.4 Å². The van der Waals surface area contributed by atoms with Gasteiger partial charge in [0.15, 0.2) is 0 Å². The molecule has 1 aromatic rings. The SMILES string of the molecule is Cl.N#Cc1cnc(N2CCNCC2)nc1. The van der Waals surface area contributed by atoms with Crippen molar-refractivity contribution < 1.29 is 0 Å². The fourth-order valence-corrected chi connectivity index (χ4v) is 1.41. The molecular weight excluding hydrogens is 214 g/mol. The monoisotopic (exact) mass is 225 g/mol. The Morgan fingerprint density at radius 3 is 2.40 bits per heavy atom. The largest absolute Gasteiger partial charge is 0.338 e. The zero-order valence-electron chi connectivity index (χ0n) is 8.18. The maximum atomic E-state index is 8.59. The summed E-state index contributed by atoms with van der Waals surface area (Å²) in [5.74, 6) is 0.713. The predicted molar refractivity (Wildman–Crippen MR) is 59.1 cm³/mol. The summed E-state index contributed by atoms with van der Waals surface area (Å²) < 4.78 is 0. The summed E-state index contributed by atoms with van der Waals surface area (Å²) in [5, 5.41) is 11.8. The van der Waals surface area contributed by atoms with Crippen LogP contribution in [-0.2, 0) is 0 Å². The summed E-state index contributed by atoms with van der Waals surface area (Å²) >= 11 is 0. The average molecular weight is 226 g/mol. The lowest BCUT2D eigenvalue weighted by Gasteiger charge is -2.27. The molecule has 0 spiro atoms. The van der Waals surface area contributed by atoms with Gasteiger partial charge in [-0.15, -0.1) is 12.4 Å². The van der Waals surface area contributed by atoms with Gasteiger partial charge in [0.1, 0.15) is 6.07 Å². The summed E-state index contributed by atoms with van der Waals surface area (Å²) in [5.41, 5.74) is 0.504. The van der Waals surface area contributed by atoms with E-state index in [1.807, 2.05) is 6.07 Å². The highest BCUT2D eigenvalue weighted by molar-refractivity contribution is 5.85. The van der Waals surface area contributed by atoms with Crippen LogP contribution in [0.3, 0.4) is 0 Å². The van der Waals surface area contributed by atoms with Crippen LogP contribution in [0.1, 0.15) is 5.56 Å². The maximum Gasteiger partial charge on any atom is 0.225 e. The Bertz CT molecular complexity index is 339. The molecule has 1 aliphatic heterocycles. The van der Waals surface area contributed by atoms with Gasteiger partial charge in [-0.25, -0.2) is 9.97 Å². The second kappa shape index (κ2) is 5.49. The lowest BCUT2D eigenvalue weighted by molar-refractivity contribution is 0.579. The molecule has 6 heteroatoms. The van der Waals surface area contributed by atoms with Gasteiger partial charge in [0.2, 0.25) is 5.95 Å². The molecule has 2 rings (SSSR count). The van der Waals surface area contributed by atoms with Crippen molar-refractivity contribution in [3.05, 3.63) is 18.0 Å². The van der Waals surface area contributed by atoms with Crippen LogP contribution < -0.4 is 10.2 Å². The molecule has 1 aromatic heterocycles. The van der Waals surface area contributed by atoms with E-state index in [1.165, 1.54) is 0 Å². The molecule has 1 aliphatic rings. The number of hydrogen-bond donors (Lipinski definition) is 1. The minimum Gasteiger partial charge on any atom is -0.338 e. The molecule has 0 unspecified atom stereocenters. The molecule has 0 radical (unpaired) electrons. The van der Waals surface area contributed by atoms with Gasteiger partial charge in [-0.1, -0.05) is 0 Å². The molecule has 5 nitrogen and oxygen atoms in total. The van der Waals surface area contributed by atoms with E-state index in [4.69, 9.17) is 5.26 Å². The molecule has 0 aromatic carbocycles. The fourth-order valence-electron chi connectivity index (χ4n) is 1.41. The number of hydrogen-bond acceptors (Lipinski definition) is 5. The molecule has 80 valence electrons. The maximum absolute atomic E-state index is 8.59. The Morgan fingerprint density at radius 1 is 1.27 bits per heavy atom. The van der Waals surface area contributed by atoms with Crippen molar-refractivity contribution in [2.75, 3.05) is 31.1 Å². The first-order valence-corrected chi connectivity index (χ1v) is 4.58. The molecule has 0 bridgehead atoms. The first-order chi connectivity index (χ1) is 6.90. The van der Waals surface area contributed by atoms with Crippen LogP contribution in [0.25, 0.3) is 0 Å². The third kappa shape index (κ3) is 2.78. The number of nitrogens with zero attached hydrogens (tertiary/aromatic N) is 4. The lowest BCUT2D eigenvalue weighted by atomic mass is 10.3. The van der Waals surface area contributed by atoms with Crippen molar-refractivity contribution in [2.24, 2.45) is 0 Å². The van der Waals surface area contributed by atoms with Gasteiger partial charge in [0, 0.05) is 26.2 Å². The zero-order valence-corrected chi connectivity index (χ0v) is 9.00. The molecule has 1 fully saturated rings. The summed E-state index contributed by atoms with van der Waals surface area (Å²) in [6, 6.07) is 2.00. The number of nitriles is 1. The van der Waals surface area contributed by atoms with Gasteiger partial charge in [0.25, 0.3) is 0 Å². The van der Waals surface area contributed by atoms with E-state index < -0.39 is 0 Å². The van der Waals surface area contributed by atoms with E-state index >= 15 is 0 Å². The zero-order chi connectivity index (χ0) is 9.80. The first-order valence-electron chi connectivity index (χ1n) is 4.58. The molecule has 1 saturated heterocycles. The van der Waals surface area contributed by atoms with Crippen molar-refractivity contribution in [1.29, 1.82) is 5.26 Å². The Balaban J connectivity index is 0.00000112. The molecule has 1 N–H and O–H groups in total. The highest BCUT2D eigenvalue weighted by Crippen LogP contribution is 2.06. The fraction of sp³-hybridized carbons (Fsp3) is 0.444. The number of aromatic nitrogens is 2. The molecule has 0 aliphatic carbocycles. The lowest BCUT2D eigenvalue weighted by Crippen LogP contribution is -2.44. The van der Waals surface area contributed by atoms with Crippen LogP contribution in [0.2, 0.25) is 0 Å². The highest BCUT2D eigenvalue weighted by Gasteiger charge is 2.12. The van der Waals surface area contributed by atoms with Crippen molar-refractivity contribution in [1.82, 2.24) is 15.3 Å². The van der Waals surface area contributed by atoms with Crippen LogP contribution in [0, 0.1) is 11.3 Å². The molecular formula is C9H12ClN5. The minimum atomic E-state index is 0. The van der Waals surface area contributed by atoms with E-state index in [9.17, 15) is 0 Å². The Morgan fingerprint density at radius 2 is 1.87 bits per heavy atom. The highest BCUT2D eigenvalue weighted by atomic mass is 35.5. The smallest absolute Gasteiger partial charge is 0.225 e. The van der Waals surface area contributed by atoms with Gasteiger partial charge < -0.3 is 10.2 Å². The van der Waals surface area contributed by atoms with E-state index in [0.29, 0.717) is 11.5 Å². The van der Waals surface area contributed by atoms with Crippen LogP contribution in [0.5, 0.6) is 0 Å². The van der Waals surface area contributed by atoms with Crippen molar-refractivity contribution in [3.63, 3.8) is 0 Å². The molecule has 15 heavy (non-hydrogen) atoms. The van der Waals surface area contributed by atoms with Crippen molar-refractivity contribution in [3.8, 4) is 6.07 Å². The van der Waals surface area contributed by atoms with Gasteiger partial charge in [-0.2, -0.15) is 5.26 Å². The first kappa shape index (κ1) is 11.7. The van der Waals surface area contributed by atoms with Gasteiger partial charge >= 0.3 is 0 Å². The van der Waals surface area contributed by atoms with Crippen molar-refractivity contribution in [2.45, 2.75) is 0 Å². The predicted octanol–water partition coefficient (Wildman–Crippen LogP) is 0.180. The Labute approximate surface area is 94.5 Å². The summed E-state index contributed by atoms with van der Waals surface area (Å²) in [6.07, 6.45) is 3.12. The molecule has 0 saturated carbocycles. The van der Waals surface area contributed by atoms with Gasteiger partial charge in [-0.3, -0.25) is 0 Å². The van der Waals surface area contributed by atoms with E-state index in [1.54, 1.807) is 12.4 Å². The average Bonchev–Trinajstić information content (AvgIpc) is 2.30. The Kier molecular flexibility index (Phi) is 4.28. The topological polar surface area (TPSA) is 64.8 Å². The molecule has 0 atom stereocenters. The van der Waals surface area contributed by atoms with Crippen LogP contribution >= 0.6 is 12.4 Å². The van der Waals surface area contributed by atoms with Gasteiger partial charge in [0.05, 0.1) is 18.0 Å². The van der Waals surface area contributed by atoms with Crippen molar-refractivity contribution >= 4 is 18.4 Å². The van der Waals surface area contributed by atoms with Crippen LogP contribution in [-0.4, -0.2) is 36.1 Å². The summed E-state index contributed by atoms with van der Waals surface area (Å²) in [6.45, 7) is 3.77. The summed E-state index contributed by atoms with van der Waals surface area (Å²) in [4.78, 5) is 10.4. The van der Waals surface area contributed by atoms with Crippen LogP contribution in [0.4, 0.5) is 5.95 Å². The summed E-state index contributed by atoms with van der Waals surface area (Å²) in [7, 11) is 0. The second-order valence-electron chi connectivity index (χ2n) is 3.12. The van der Waals surface area contributed by atoms with E-state index in [2.05, 4.69) is 20.2 Å². The number of nitrogens with one attached hydrogen (secondary N) is 1.